The number of hydrogen-bond acceptors (Lipinski definition) is 3. The molecule has 1 aliphatic rings. The second-order valence-corrected chi connectivity index (χ2v) is 4.98. The van der Waals surface area contributed by atoms with Crippen LogP contribution in [0.5, 0.6) is 0 Å². The van der Waals surface area contributed by atoms with Gasteiger partial charge in [0.1, 0.15) is 0 Å². The molecule has 0 aliphatic carbocycles. The fraction of sp³-hybridized carbons (Fsp3) is 1.00. The van der Waals surface area contributed by atoms with E-state index in [4.69, 9.17) is 9.84 Å². The minimum Gasteiger partial charge on any atom is -0.396 e. The third-order valence-electron chi connectivity index (χ3n) is 2.97. The van der Waals surface area contributed by atoms with Crippen molar-refractivity contribution in [3.8, 4) is 0 Å². The molecule has 0 saturated carbocycles. The smallest absolute Gasteiger partial charge is 0.0620 e. The van der Waals surface area contributed by atoms with E-state index in [0.29, 0.717) is 24.5 Å². The van der Waals surface area contributed by atoms with Crippen LogP contribution in [0.15, 0.2) is 0 Å². The minimum atomic E-state index is 0.306. The molecule has 0 aromatic carbocycles. The minimum absolute atomic E-state index is 0.306. The van der Waals surface area contributed by atoms with Gasteiger partial charge in [-0.2, -0.15) is 0 Å². The average Bonchev–Trinajstić information content (AvgIpc) is 2.66. The Hall–Kier alpha value is -0.120. The zero-order chi connectivity index (χ0) is 11.1. The molecular weight excluding hydrogens is 190 g/mol. The average molecular weight is 215 g/mol. The van der Waals surface area contributed by atoms with Crippen molar-refractivity contribution < 1.29 is 9.84 Å². The van der Waals surface area contributed by atoms with Crippen molar-refractivity contribution in [3.05, 3.63) is 0 Å². The molecule has 3 nitrogen and oxygen atoms in total. The van der Waals surface area contributed by atoms with Crippen molar-refractivity contribution in [3.63, 3.8) is 0 Å². The number of hydrogen-bond donors (Lipinski definition) is 2. The van der Waals surface area contributed by atoms with E-state index in [9.17, 15) is 0 Å². The lowest BCUT2D eigenvalue weighted by Crippen LogP contribution is -2.34. The van der Waals surface area contributed by atoms with Crippen molar-refractivity contribution >= 4 is 0 Å². The molecule has 3 heteroatoms. The maximum Gasteiger partial charge on any atom is 0.0620 e. The van der Waals surface area contributed by atoms with Crippen molar-refractivity contribution in [2.24, 2.45) is 11.8 Å². The molecule has 0 radical (unpaired) electrons. The first-order valence-electron chi connectivity index (χ1n) is 6.14. The topological polar surface area (TPSA) is 41.5 Å². The molecule has 1 fully saturated rings. The molecule has 0 bridgehead atoms. The van der Waals surface area contributed by atoms with Gasteiger partial charge in [-0.1, -0.05) is 13.8 Å². The SMILES string of the molecule is CC(C)CC(CCO)CNC1CCOC1. The molecule has 0 aromatic heterocycles. The normalized spacial score (nSPS) is 23.6. The highest BCUT2D eigenvalue weighted by molar-refractivity contribution is 4.73. The zero-order valence-electron chi connectivity index (χ0n) is 10.0. The summed E-state index contributed by atoms with van der Waals surface area (Å²) in [5, 5.41) is 12.5. The van der Waals surface area contributed by atoms with Crippen LogP contribution in [0, 0.1) is 11.8 Å². The van der Waals surface area contributed by atoms with Gasteiger partial charge in [0.25, 0.3) is 0 Å². The molecule has 0 aromatic rings. The molecule has 1 rings (SSSR count). The summed E-state index contributed by atoms with van der Waals surface area (Å²) in [6.45, 7) is 7.55. The van der Waals surface area contributed by atoms with E-state index in [1.165, 1.54) is 6.42 Å². The van der Waals surface area contributed by atoms with Gasteiger partial charge in [0.05, 0.1) is 6.61 Å². The van der Waals surface area contributed by atoms with E-state index in [2.05, 4.69) is 19.2 Å². The Morgan fingerprint density at radius 2 is 2.27 bits per heavy atom. The zero-order valence-corrected chi connectivity index (χ0v) is 10.0. The molecular formula is C12H25NO2. The first-order chi connectivity index (χ1) is 7.22. The summed E-state index contributed by atoms with van der Waals surface area (Å²) in [4.78, 5) is 0. The standard InChI is InChI=1S/C12H25NO2/c1-10(2)7-11(3-5-14)8-13-12-4-6-15-9-12/h10-14H,3-9H2,1-2H3. The molecule has 15 heavy (non-hydrogen) atoms. The molecule has 0 amide bonds. The van der Waals surface area contributed by atoms with Crippen LogP contribution in [0.1, 0.15) is 33.1 Å². The van der Waals surface area contributed by atoms with E-state index in [1.807, 2.05) is 0 Å². The van der Waals surface area contributed by atoms with Crippen molar-refractivity contribution in [1.29, 1.82) is 0 Å². The highest BCUT2D eigenvalue weighted by Gasteiger charge is 2.17. The second kappa shape index (κ2) is 7.20. The molecule has 1 saturated heterocycles. The van der Waals surface area contributed by atoms with E-state index in [0.717, 1.165) is 32.6 Å². The fourth-order valence-electron chi connectivity index (χ4n) is 2.18. The lowest BCUT2D eigenvalue weighted by molar-refractivity contribution is 0.187. The summed E-state index contributed by atoms with van der Waals surface area (Å²) in [6, 6.07) is 0.540. The quantitative estimate of drug-likeness (QED) is 0.674. The Morgan fingerprint density at radius 3 is 2.80 bits per heavy atom. The maximum atomic E-state index is 8.99. The van der Waals surface area contributed by atoms with Crippen LogP contribution in [0.3, 0.4) is 0 Å². The molecule has 2 unspecified atom stereocenters. The first-order valence-corrected chi connectivity index (χ1v) is 6.14. The summed E-state index contributed by atoms with van der Waals surface area (Å²) < 4.78 is 5.32. The number of ether oxygens (including phenoxy) is 1. The van der Waals surface area contributed by atoms with Crippen molar-refractivity contribution in [2.45, 2.75) is 39.2 Å². The summed E-state index contributed by atoms with van der Waals surface area (Å²) in [5.41, 5.74) is 0. The predicted octanol–water partition coefficient (Wildman–Crippen LogP) is 1.41. The largest absolute Gasteiger partial charge is 0.396 e. The summed E-state index contributed by atoms with van der Waals surface area (Å²) in [7, 11) is 0. The highest BCUT2D eigenvalue weighted by atomic mass is 16.5. The second-order valence-electron chi connectivity index (χ2n) is 4.98. The highest BCUT2D eigenvalue weighted by Crippen LogP contribution is 2.15. The van der Waals surface area contributed by atoms with Gasteiger partial charge in [-0.25, -0.2) is 0 Å². The number of nitrogens with one attached hydrogen (secondary N) is 1. The molecule has 90 valence electrons. The van der Waals surface area contributed by atoms with Gasteiger partial charge in [-0.15, -0.1) is 0 Å². The van der Waals surface area contributed by atoms with Crippen molar-refractivity contribution in [2.75, 3.05) is 26.4 Å². The third kappa shape index (κ3) is 5.50. The van der Waals surface area contributed by atoms with Gasteiger partial charge in [0.15, 0.2) is 0 Å². The molecule has 1 heterocycles. The van der Waals surface area contributed by atoms with Crippen LogP contribution in [0.2, 0.25) is 0 Å². The first kappa shape index (κ1) is 12.9. The Bertz CT molecular complexity index is 156. The Labute approximate surface area is 93.2 Å². The molecule has 2 atom stereocenters. The van der Waals surface area contributed by atoms with Crippen LogP contribution in [-0.2, 0) is 4.74 Å². The summed E-state index contributed by atoms with van der Waals surface area (Å²) in [5.74, 6) is 1.32. The molecule has 1 aliphatic heterocycles. The number of rotatable bonds is 7. The summed E-state index contributed by atoms with van der Waals surface area (Å²) >= 11 is 0. The Kier molecular flexibility index (Phi) is 6.22. The molecule has 2 N–H and O–H groups in total. The third-order valence-corrected chi connectivity index (χ3v) is 2.97. The van der Waals surface area contributed by atoms with Gasteiger partial charge in [0.2, 0.25) is 0 Å². The van der Waals surface area contributed by atoms with Crippen LogP contribution in [-0.4, -0.2) is 37.5 Å². The van der Waals surface area contributed by atoms with Gasteiger partial charge in [-0.3, -0.25) is 0 Å². The van der Waals surface area contributed by atoms with E-state index >= 15 is 0 Å². The molecule has 0 spiro atoms. The lowest BCUT2D eigenvalue weighted by atomic mass is 9.94. The fourth-order valence-corrected chi connectivity index (χ4v) is 2.18. The van der Waals surface area contributed by atoms with Gasteiger partial charge >= 0.3 is 0 Å². The monoisotopic (exact) mass is 215 g/mol. The van der Waals surface area contributed by atoms with Crippen molar-refractivity contribution in [1.82, 2.24) is 5.32 Å². The Balaban J connectivity index is 2.17. The van der Waals surface area contributed by atoms with E-state index in [-0.39, 0.29) is 0 Å². The maximum absolute atomic E-state index is 8.99. The van der Waals surface area contributed by atoms with Crippen LogP contribution >= 0.6 is 0 Å². The number of aliphatic hydroxyl groups excluding tert-OH is 1. The van der Waals surface area contributed by atoms with Gasteiger partial charge < -0.3 is 15.2 Å². The van der Waals surface area contributed by atoms with Crippen LogP contribution in [0.25, 0.3) is 0 Å². The van der Waals surface area contributed by atoms with Crippen LogP contribution in [0.4, 0.5) is 0 Å². The lowest BCUT2D eigenvalue weighted by Gasteiger charge is -2.20. The van der Waals surface area contributed by atoms with Gasteiger partial charge in [-0.05, 0) is 37.6 Å². The van der Waals surface area contributed by atoms with Crippen LogP contribution < -0.4 is 5.32 Å². The Morgan fingerprint density at radius 1 is 1.47 bits per heavy atom. The predicted molar refractivity (Wildman–Crippen MR) is 61.9 cm³/mol. The van der Waals surface area contributed by atoms with E-state index < -0.39 is 0 Å². The van der Waals surface area contributed by atoms with Gasteiger partial charge in [0, 0.05) is 19.3 Å². The van der Waals surface area contributed by atoms with E-state index in [1.54, 1.807) is 0 Å². The summed E-state index contributed by atoms with van der Waals surface area (Å²) in [6.07, 6.45) is 3.24. The number of aliphatic hydroxyl groups is 1.